The molecule has 3 aromatic rings. The quantitative estimate of drug-likeness (QED) is 0.0606. The van der Waals surface area contributed by atoms with Crippen LogP contribution in [0.1, 0.15) is 161 Å². The largest absolute Gasteiger partial charge is 0 e. The van der Waals surface area contributed by atoms with Gasteiger partial charge in [0.2, 0.25) is 0 Å². The first-order chi connectivity index (χ1) is 33.7. The van der Waals surface area contributed by atoms with E-state index in [0.29, 0.717) is 53.8 Å². The zero-order valence-corrected chi connectivity index (χ0v) is 57.8. The average molecular weight is 1490 g/mol. The summed E-state index contributed by atoms with van der Waals surface area (Å²) < 4.78 is 54.4. The van der Waals surface area contributed by atoms with Crippen LogP contribution in [0.4, 0.5) is 30.2 Å². The minimum atomic E-state index is -0.647. The summed E-state index contributed by atoms with van der Waals surface area (Å²) >= 11 is 9.56. The molecule has 3 aliphatic heterocycles. The summed E-state index contributed by atoms with van der Waals surface area (Å²) in [5.74, 6) is -0.419. The summed E-state index contributed by atoms with van der Waals surface area (Å²) in [5, 5.41) is 32.0. The van der Waals surface area contributed by atoms with Gasteiger partial charge in [-0.2, -0.15) is 30.7 Å². The van der Waals surface area contributed by atoms with Crippen molar-refractivity contribution in [1.82, 2.24) is 0 Å². The monoisotopic (exact) mass is 1490 g/mol. The van der Waals surface area contributed by atoms with Crippen LogP contribution in [-0.2, 0) is 48.6 Å². The van der Waals surface area contributed by atoms with Crippen LogP contribution in [0.25, 0.3) is 0 Å². The second-order valence-corrected chi connectivity index (χ2v) is 31.7. The summed E-state index contributed by atoms with van der Waals surface area (Å²) in [6, 6.07) is 11.2. The molecular weight excluding hydrogens is 1410 g/mol. The Morgan fingerprint density at radius 2 is 0.987 bits per heavy atom. The first-order valence-electron chi connectivity index (χ1n) is 23.3. The molecule has 3 aliphatic rings. The number of nitro groups is 3. The van der Waals surface area contributed by atoms with E-state index < -0.39 is 44.4 Å². The Balaban J connectivity index is -0.000000259. The average Bonchev–Trinajstić information content (AvgIpc) is 4.08. The summed E-state index contributed by atoms with van der Waals surface area (Å²) in [4.78, 5) is 29.7. The van der Waals surface area contributed by atoms with Crippen LogP contribution in [0, 0.1) is 75.4 Å². The Morgan fingerprint density at radius 1 is 0.632 bits per heavy atom. The summed E-state index contributed by atoms with van der Waals surface area (Å²) in [6.07, 6.45) is 10.5. The van der Waals surface area contributed by atoms with Gasteiger partial charge in [0, 0.05) is 51.5 Å². The third kappa shape index (κ3) is 38.6. The molecule has 3 aromatic carbocycles. The van der Waals surface area contributed by atoms with Crippen LogP contribution in [0.3, 0.4) is 0 Å². The number of halogens is 6. The van der Waals surface area contributed by atoms with Crippen molar-refractivity contribution in [1.29, 1.82) is 0 Å². The van der Waals surface area contributed by atoms with Crippen molar-refractivity contribution in [3.63, 3.8) is 0 Å². The molecule has 0 aliphatic carbocycles. The van der Waals surface area contributed by atoms with Crippen molar-refractivity contribution in [2.24, 2.45) is 21.7 Å². The summed E-state index contributed by atoms with van der Waals surface area (Å²) in [5.41, 5.74) is 1.03. The molecule has 22 heteroatoms. The second-order valence-electron chi connectivity index (χ2n) is 22.0. The molecule has 12 nitrogen and oxygen atoms in total. The molecule has 0 bridgehead atoms. The van der Waals surface area contributed by atoms with Crippen molar-refractivity contribution in [3.8, 4) is 0 Å². The molecule has 0 saturated heterocycles. The Bertz CT molecular complexity index is 2160. The molecule has 0 aromatic heterocycles. The van der Waals surface area contributed by atoms with E-state index in [1.54, 1.807) is 24.5 Å². The zero-order valence-electron chi connectivity index (χ0n) is 47.3. The third-order valence-electron chi connectivity index (χ3n) is 10.7. The minimum Gasteiger partial charge on any atom is 0 e. The Labute approximate surface area is 501 Å². The van der Waals surface area contributed by atoms with E-state index in [0.717, 1.165) is 19.1 Å². The first kappa shape index (κ1) is 82.9. The smallest absolute Gasteiger partial charge is 0 e. The van der Waals surface area contributed by atoms with E-state index in [1.165, 1.54) is 60.7 Å². The predicted octanol–water partition coefficient (Wildman–Crippen LogP) is 19.7. The van der Waals surface area contributed by atoms with Gasteiger partial charge in [-0.15, -0.1) is 9.24 Å². The fraction of sp³-hybridized carbons (Fsp3) is 0.537. The van der Waals surface area contributed by atoms with E-state index in [-0.39, 0.29) is 63.0 Å². The maximum atomic E-state index is 13.5. The standard InChI is InChI=1S/2C10H8FNO3.2C8H18.C6H3BrFNO2.C4H6O.C4H11P.C4H9.2BrH.H3P.2Pd/c2*11-7-3-1-4-8(12(13)14)10(7)9-5-2-6-15-9;2*1-7(2,3)8(4,5)6;7-6-4(8)2-1-3-5(6)9(10)11;1-2-4-5-3-1;1-4(2,3)5;1-4(2)3;;;;;/h1-4,6,9H,5H2;1-5,9H,6H2;2*1-6H3;1-3H;1,3H,2,4H2;5H2,1-3H3;1-3H3;2*1H;1H3;;/q;;;;;;;-1;;;;;+2/p-2. The molecule has 0 N–H and O–H groups in total. The number of hydrogen-bond acceptors (Lipinski definition) is 9. The molecule has 6 rings (SSSR count). The fourth-order valence-corrected chi connectivity index (χ4v) is 4.50. The molecule has 76 heavy (non-hydrogen) atoms. The molecule has 0 amide bonds. The van der Waals surface area contributed by atoms with Gasteiger partial charge in [-0.25, -0.2) is 13.2 Å². The maximum absolute atomic E-state index is 13.5. The summed E-state index contributed by atoms with van der Waals surface area (Å²) in [7, 11) is 2.72. The minimum absolute atomic E-state index is 0. The maximum Gasteiger partial charge on any atom is 0 e. The van der Waals surface area contributed by atoms with Gasteiger partial charge in [-0.3, -0.25) is 30.3 Å². The molecule has 0 saturated carbocycles. The number of nitro benzene ring substituents is 3. The Morgan fingerprint density at radius 3 is 1.25 bits per heavy atom. The number of hydrogen-bond donors (Lipinski definition) is 0. The molecule has 0 radical (unpaired) electrons. The predicted molar refractivity (Wildman–Crippen MR) is 318 cm³/mol. The second kappa shape index (κ2) is 41.1. The molecule has 0 spiro atoms. The van der Waals surface area contributed by atoms with Crippen molar-refractivity contribution >= 4 is 79.0 Å². The normalized spacial score (nSPS) is 14.8. The molecule has 442 valence electrons. The van der Waals surface area contributed by atoms with Crippen LogP contribution in [0.5, 0.6) is 0 Å². The van der Waals surface area contributed by atoms with Crippen LogP contribution in [0.2, 0.25) is 0 Å². The molecule has 4 atom stereocenters. The van der Waals surface area contributed by atoms with Crippen LogP contribution in [0.15, 0.2) is 95.9 Å². The van der Waals surface area contributed by atoms with Crippen molar-refractivity contribution in [3.05, 3.63) is 161 Å². The van der Waals surface area contributed by atoms with E-state index in [1.807, 2.05) is 6.08 Å². The fourth-order valence-electron chi connectivity index (χ4n) is 4.09. The van der Waals surface area contributed by atoms with Gasteiger partial charge in [0.25, 0.3) is 17.1 Å². The van der Waals surface area contributed by atoms with Crippen LogP contribution in [-0.4, -0.2) is 33.1 Å². The first-order valence-corrected chi connectivity index (χ1v) is 31.8. The molecule has 0 fully saturated rings. The number of benzene rings is 3. The van der Waals surface area contributed by atoms with E-state index in [4.69, 9.17) is 14.2 Å². The molecule has 3 heterocycles. The van der Waals surface area contributed by atoms with E-state index >= 15 is 0 Å². The number of rotatable bonds is 5. The van der Waals surface area contributed by atoms with Gasteiger partial charge in [-0.05, 0) is 73.1 Å². The zero-order chi connectivity index (χ0) is 58.4. The van der Waals surface area contributed by atoms with Crippen LogP contribution < -0.4 is 0 Å². The number of ether oxygens (including phenoxy) is 3. The van der Waals surface area contributed by atoms with Gasteiger partial charge < -0.3 is 20.1 Å². The Kier molecular flexibility index (Phi) is 44.8. The third-order valence-corrected chi connectivity index (χ3v) is 11.4. The van der Waals surface area contributed by atoms with Gasteiger partial charge in [0.1, 0.15) is 39.7 Å². The van der Waals surface area contributed by atoms with Gasteiger partial charge in [0.05, 0.1) is 46.1 Å². The van der Waals surface area contributed by atoms with Gasteiger partial charge >= 0.3 is 40.8 Å². The van der Waals surface area contributed by atoms with Crippen LogP contribution >= 0.6 is 61.9 Å². The Hall–Kier alpha value is -1.95. The summed E-state index contributed by atoms with van der Waals surface area (Å²) in [6.45, 7) is 41.2. The van der Waals surface area contributed by atoms with E-state index in [2.05, 4.69) is 177 Å². The van der Waals surface area contributed by atoms with Crippen molar-refractivity contribution in [2.45, 2.75) is 155 Å². The topological polar surface area (TPSA) is 157 Å². The van der Waals surface area contributed by atoms with E-state index in [9.17, 15) is 43.5 Å². The van der Waals surface area contributed by atoms with Crippen molar-refractivity contribution in [2.75, 3.05) is 13.2 Å². The van der Waals surface area contributed by atoms with Crippen molar-refractivity contribution < 1.29 is 76.5 Å². The molecular formula is C54H84Br3F3N3O9P2Pd2-. The van der Waals surface area contributed by atoms with Gasteiger partial charge in [-0.1, -0.05) is 134 Å². The SMILES string of the molecule is C1=COCC1.CC(C)(C)C(C)(C)C.CC(C)(C)C(C)(C)C.CC(C)(C)P.C[C-](C)C.O=[N+]([O-])c1cccc(F)c1Br.O=[N+]([O-])c1cccc(F)c1C1C=CCO1.O=[N+]([O-])c1cccc(F)c1C1CC=CO1.P.[Br][Pd][Br].[Pd]. The molecule has 4 unspecified atom stereocenters. The number of nitrogens with zero attached hydrogens (tertiary/aromatic N) is 3. The van der Waals surface area contributed by atoms with Gasteiger partial charge in [0.15, 0.2) is 0 Å².